The van der Waals surface area contributed by atoms with E-state index in [1.807, 2.05) is 0 Å². The van der Waals surface area contributed by atoms with Crippen LogP contribution >= 0.6 is 0 Å². The van der Waals surface area contributed by atoms with Gasteiger partial charge in [0.1, 0.15) is 11.2 Å². The third kappa shape index (κ3) is 6.00. The summed E-state index contributed by atoms with van der Waals surface area (Å²) in [4.78, 5) is 2.36. The van der Waals surface area contributed by atoms with Crippen molar-refractivity contribution in [2.75, 3.05) is 4.90 Å². The molecule has 58 heavy (non-hydrogen) atoms. The number of furan rings is 1. The zero-order chi connectivity index (χ0) is 38.4. The molecule has 0 unspecified atom stereocenters. The Morgan fingerprint density at radius 3 is 1.59 bits per heavy atom. The predicted molar refractivity (Wildman–Crippen MR) is 245 cm³/mol. The summed E-state index contributed by atoms with van der Waals surface area (Å²) < 4.78 is 6.54. The lowest BCUT2D eigenvalue weighted by molar-refractivity contribution is 0.673. The summed E-state index contributed by atoms with van der Waals surface area (Å²) in [6.07, 6.45) is 0. The molecular weight excluding hydrogens is 703 g/mol. The van der Waals surface area contributed by atoms with Gasteiger partial charge < -0.3 is 9.32 Å². The van der Waals surface area contributed by atoms with Gasteiger partial charge in [-0.3, -0.25) is 0 Å². The molecule has 0 saturated heterocycles. The minimum absolute atomic E-state index is 0.898. The Kier molecular flexibility index (Phi) is 8.19. The maximum Gasteiger partial charge on any atom is 0.143 e. The lowest BCUT2D eigenvalue weighted by Gasteiger charge is -2.26. The first-order valence-electron chi connectivity index (χ1n) is 19.8. The summed E-state index contributed by atoms with van der Waals surface area (Å²) in [6.45, 7) is 0. The SMILES string of the molecule is c1ccc(-c2ccc(-c3cccc(N(c4ccc(-c5ccc6ccccc6c5)cc4)c4ccc(-c5cccc6oc7c8ccccc8ccc7c56)cc4)c3)cc2)cc1. The minimum Gasteiger partial charge on any atom is -0.455 e. The third-order valence-electron chi connectivity index (χ3n) is 11.5. The highest BCUT2D eigenvalue weighted by Gasteiger charge is 2.17. The second kappa shape index (κ2) is 14.1. The summed E-state index contributed by atoms with van der Waals surface area (Å²) in [6, 6.07) is 80.6. The van der Waals surface area contributed by atoms with Crippen LogP contribution in [-0.4, -0.2) is 0 Å². The van der Waals surface area contributed by atoms with Gasteiger partial charge in [-0.2, -0.15) is 0 Å². The average Bonchev–Trinajstić information content (AvgIpc) is 3.70. The van der Waals surface area contributed by atoms with Crippen LogP contribution in [0.4, 0.5) is 17.1 Å². The van der Waals surface area contributed by atoms with Gasteiger partial charge in [-0.05, 0) is 115 Å². The molecule has 0 atom stereocenters. The molecule has 2 heteroatoms. The van der Waals surface area contributed by atoms with Gasteiger partial charge in [-0.25, -0.2) is 0 Å². The highest BCUT2D eigenvalue weighted by molar-refractivity contribution is 6.19. The van der Waals surface area contributed by atoms with E-state index in [9.17, 15) is 0 Å². The van der Waals surface area contributed by atoms with Crippen molar-refractivity contribution in [3.05, 3.63) is 224 Å². The Bertz CT molecular complexity index is 3250. The van der Waals surface area contributed by atoms with Crippen LogP contribution in [0.15, 0.2) is 229 Å². The molecule has 10 aromatic carbocycles. The summed E-state index contributed by atoms with van der Waals surface area (Å²) in [5.41, 5.74) is 14.5. The van der Waals surface area contributed by atoms with Gasteiger partial charge in [0.05, 0.1) is 0 Å². The lowest BCUT2D eigenvalue weighted by Crippen LogP contribution is -2.10. The van der Waals surface area contributed by atoms with Crippen LogP contribution in [0.5, 0.6) is 0 Å². The van der Waals surface area contributed by atoms with Gasteiger partial charge in [-0.1, -0.05) is 170 Å². The zero-order valence-electron chi connectivity index (χ0n) is 31.7. The molecule has 272 valence electrons. The van der Waals surface area contributed by atoms with E-state index in [1.165, 1.54) is 44.0 Å². The Hall–Kier alpha value is -7.68. The summed E-state index contributed by atoms with van der Waals surface area (Å²) >= 11 is 0. The van der Waals surface area contributed by atoms with E-state index in [0.717, 1.165) is 61.1 Å². The van der Waals surface area contributed by atoms with Crippen molar-refractivity contribution in [2.24, 2.45) is 0 Å². The fraction of sp³-hybridized carbons (Fsp3) is 0. The van der Waals surface area contributed by atoms with Crippen molar-refractivity contribution < 1.29 is 4.42 Å². The first-order chi connectivity index (χ1) is 28.7. The van der Waals surface area contributed by atoms with Crippen LogP contribution < -0.4 is 4.90 Å². The topological polar surface area (TPSA) is 16.4 Å². The fourth-order valence-corrected chi connectivity index (χ4v) is 8.51. The van der Waals surface area contributed by atoms with E-state index < -0.39 is 0 Å². The van der Waals surface area contributed by atoms with Crippen molar-refractivity contribution >= 4 is 60.5 Å². The molecule has 0 amide bonds. The normalized spacial score (nSPS) is 11.4. The van der Waals surface area contributed by atoms with E-state index in [2.05, 4.69) is 229 Å². The van der Waals surface area contributed by atoms with Crippen LogP contribution in [0.25, 0.3) is 88.0 Å². The molecule has 1 heterocycles. The number of fused-ring (bicyclic) bond motifs is 6. The molecule has 11 aromatic rings. The van der Waals surface area contributed by atoms with E-state index >= 15 is 0 Å². The molecule has 0 radical (unpaired) electrons. The molecule has 0 aliphatic carbocycles. The Morgan fingerprint density at radius 2 is 0.828 bits per heavy atom. The van der Waals surface area contributed by atoms with Crippen LogP contribution in [0.2, 0.25) is 0 Å². The molecule has 0 aliphatic rings. The van der Waals surface area contributed by atoms with E-state index in [0.29, 0.717) is 0 Å². The van der Waals surface area contributed by atoms with Gasteiger partial charge in [0, 0.05) is 33.2 Å². The molecule has 11 rings (SSSR count). The van der Waals surface area contributed by atoms with Crippen molar-refractivity contribution in [3.8, 4) is 44.5 Å². The monoisotopic (exact) mass is 739 g/mol. The molecule has 1 aromatic heterocycles. The summed E-state index contributed by atoms with van der Waals surface area (Å²) in [7, 11) is 0. The first-order valence-corrected chi connectivity index (χ1v) is 19.8. The smallest absolute Gasteiger partial charge is 0.143 e. The molecule has 0 spiro atoms. The molecule has 0 aliphatic heterocycles. The number of anilines is 3. The fourth-order valence-electron chi connectivity index (χ4n) is 8.51. The van der Waals surface area contributed by atoms with Gasteiger partial charge in [0.2, 0.25) is 0 Å². The van der Waals surface area contributed by atoms with E-state index in [4.69, 9.17) is 4.42 Å². The lowest BCUT2D eigenvalue weighted by atomic mass is 9.97. The average molecular weight is 740 g/mol. The maximum atomic E-state index is 6.54. The highest BCUT2D eigenvalue weighted by Crippen LogP contribution is 2.42. The van der Waals surface area contributed by atoms with Crippen LogP contribution in [-0.2, 0) is 0 Å². The molecule has 0 saturated carbocycles. The molecule has 0 N–H and O–H groups in total. The zero-order valence-corrected chi connectivity index (χ0v) is 31.7. The highest BCUT2D eigenvalue weighted by atomic mass is 16.3. The predicted octanol–water partition coefficient (Wildman–Crippen LogP) is 16.0. The number of nitrogens with zero attached hydrogens (tertiary/aromatic N) is 1. The molecule has 0 fully saturated rings. The van der Waals surface area contributed by atoms with Crippen molar-refractivity contribution in [3.63, 3.8) is 0 Å². The Labute approximate surface area is 337 Å². The van der Waals surface area contributed by atoms with Crippen molar-refractivity contribution in [1.82, 2.24) is 0 Å². The van der Waals surface area contributed by atoms with Crippen LogP contribution in [0.1, 0.15) is 0 Å². The number of rotatable bonds is 7. The maximum absolute atomic E-state index is 6.54. The standard InChI is InChI=1S/C56H37NO/c1-2-10-38(11-3-1)40-20-22-41(23-21-40)46-15-8-16-50(37-46)57(48-31-26-42(27-32-48)47-25-24-39-12-4-5-14-45(39)36-47)49-33-28-44(29-34-49)51-18-9-19-54-55(51)53-35-30-43-13-6-7-17-52(43)56(53)58-54/h1-37H. The second-order valence-electron chi connectivity index (χ2n) is 14.9. The third-order valence-corrected chi connectivity index (χ3v) is 11.5. The summed E-state index contributed by atoms with van der Waals surface area (Å²) in [5, 5.41) is 7.08. The molecular formula is C56H37NO. The van der Waals surface area contributed by atoms with Gasteiger partial charge >= 0.3 is 0 Å². The largest absolute Gasteiger partial charge is 0.455 e. The number of hydrogen-bond donors (Lipinski definition) is 0. The number of benzene rings is 10. The Balaban J connectivity index is 0.995. The second-order valence-corrected chi connectivity index (χ2v) is 14.9. The first kappa shape index (κ1) is 33.6. The van der Waals surface area contributed by atoms with Crippen molar-refractivity contribution in [1.29, 1.82) is 0 Å². The molecule has 0 bridgehead atoms. The van der Waals surface area contributed by atoms with E-state index in [1.54, 1.807) is 0 Å². The quantitative estimate of drug-likeness (QED) is 0.162. The van der Waals surface area contributed by atoms with Crippen molar-refractivity contribution in [2.45, 2.75) is 0 Å². The minimum atomic E-state index is 0.898. The van der Waals surface area contributed by atoms with Gasteiger partial charge in [0.15, 0.2) is 0 Å². The summed E-state index contributed by atoms with van der Waals surface area (Å²) in [5.74, 6) is 0. The van der Waals surface area contributed by atoms with Crippen LogP contribution in [0.3, 0.4) is 0 Å². The van der Waals surface area contributed by atoms with Gasteiger partial charge in [0.25, 0.3) is 0 Å². The number of hydrogen-bond acceptors (Lipinski definition) is 2. The van der Waals surface area contributed by atoms with E-state index in [-0.39, 0.29) is 0 Å². The molecule has 2 nitrogen and oxygen atoms in total. The van der Waals surface area contributed by atoms with Gasteiger partial charge in [-0.15, -0.1) is 0 Å². The Morgan fingerprint density at radius 1 is 0.293 bits per heavy atom. The van der Waals surface area contributed by atoms with Crippen LogP contribution in [0, 0.1) is 0 Å².